The Morgan fingerprint density at radius 2 is 2.22 bits per heavy atom. The van der Waals surface area contributed by atoms with E-state index in [0.29, 0.717) is 11.5 Å². The van der Waals surface area contributed by atoms with Crippen molar-refractivity contribution in [3.8, 4) is 0 Å². The van der Waals surface area contributed by atoms with Gasteiger partial charge < -0.3 is 4.42 Å². The van der Waals surface area contributed by atoms with E-state index in [-0.39, 0.29) is 11.7 Å². The molecule has 0 aliphatic rings. The minimum atomic E-state index is -0.369. The summed E-state index contributed by atoms with van der Waals surface area (Å²) < 4.78 is 5.19. The van der Waals surface area contributed by atoms with Crippen LogP contribution in [0, 0.1) is 6.92 Å². The van der Waals surface area contributed by atoms with Crippen LogP contribution >= 0.6 is 0 Å². The molecule has 0 radical (unpaired) electrons. The number of aryl methyl sites for hydroxylation is 1. The number of rotatable bonds is 3. The van der Waals surface area contributed by atoms with Crippen molar-refractivity contribution in [3.63, 3.8) is 0 Å². The van der Waals surface area contributed by atoms with Gasteiger partial charge >= 0.3 is 5.91 Å². The molecule has 0 spiro atoms. The van der Waals surface area contributed by atoms with Gasteiger partial charge in [0.2, 0.25) is 0 Å². The maximum atomic E-state index is 11.7. The van der Waals surface area contributed by atoms with Crippen LogP contribution in [-0.2, 0) is 0 Å². The minimum Gasteiger partial charge on any atom is -0.456 e. The smallest absolute Gasteiger partial charge is 0.307 e. The SMILES string of the molecule is C/C(=N/NC(=O)c1ccc(C)o1)c1cccnc1. The first-order valence-corrected chi connectivity index (χ1v) is 5.48. The predicted molar refractivity (Wildman–Crippen MR) is 67.4 cm³/mol. The lowest BCUT2D eigenvalue weighted by Gasteiger charge is -2.00. The highest BCUT2D eigenvalue weighted by Crippen LogP contribution is 2.05. The number of carbonyl (C=O) groups excluding carboxylic acids is 1. The molecular formula is C13H13N3O2. The third kappa shape index (κ3) is 2.82. The first-order valence-electron chi connectivity index (χ1n) is 5.48. The summed E-state index contributed by atoms with van der Waals surface area (Å²) in [6.07, 6.45) is 3.36. The zero-order valence-corrected chi connectivity index (χ0v) is 10.2. The summed E-state index contributed by atoms with van der Waals surface area (Å²) in [5.74, 6) is 0.565. The molecule has 5 nitrogen and oxygen atoms in total. The second kappa shape index (κ2) is 5.27. The Morgan fingerprint density at radius 1 is 1.39 bits per heavy atom. The summed E-state index contributed by atoms with van der Waals surface area (Å²) in [6.45, 7) is 3.58. The van der Waals surface area contributed by atoms with E-state index in [1.54, 1.807) is 38.4 Å². The molecule has 0 saturated heterocycles. The summed E-state index contributed by atoms with van der Waals surface area (Å²) >= 11 is 0. The van der Waals surface area contributed by atoms with E-state index in [1.807, 2.05) is 12.1 Å². The molecule has 2 aromatic rings. The molecule has 0 fully saturated rings. The van der Waals surface area contributed by atoms with Gasteiger partial charge in [-0.2, -0.15) is 5.10 Å². The Balaban J connectivity index is 2.05. The van der Waals surface area contributed by atoms with Gasteiger partial charge in [-0.25, -0.2) is 5.43 Å². The van der Waals surface area contributed by atoms with E-state index in [2.05, 4.69) is 15.5 Å². The van der Waals surface area contributed by atoms with Gasteiger partial charge in [-0.05, 0) is 32.0 Å². The lowest BCUT2D eigenvalue weighted by molar-refractivity contribution is 0.0926. The van der Waals surface area contributed by atoms with Gasteiger partial charge in [-0.1, -0.05) is 6.07 Å². The zero-order valence-electron chi connectivity index (χ0n) is 10.2. The largest absolute Gasteiger partial charge is 0.456 e. The van der Waals surface area contributed by atoms with Crippen molar-refractivity contribution >= 4 is 11.6 Å². The molecule has 0 atom stereocenters. The molecule has 2 rings (SSSR count). The lowest BCUT2D eigenvalue weighted by atomic mass is 10.2. The topological polar surface area (TPSA) is 67.5 Å². The highest BCUT2D eigenvalue weighted by molar-refractivity contribution is 6.00. The lowest BCUT2D eigenvalue weighted by Crippen LogP contribution is -2.18. The van der Waals surface area contributed by atoms with Gasteiger partial charge in [0.05, 0.1) is 5.71 Å². The average molecular weight is 243 g/mol. The Kier molecular flexibility index (Phi) is 3.52. The Labute approximate surface area is 105 Å². The number of amides is 1. The van der Waals surface area contributed by atoms with E-state index in [0.717, 1.165) is 5.56 Å². The molecular weight excluding hydrogens is 230 g/mol. The zero-order chi connectivity index (χ0) is 13.0. The maximum Gasteiger partial charge on any atom is 0.307 e. The molecule has 1 N–H and O–H groups in total. The van der Waals surface area contributed by atoms with E-state index in [1.165, 1.54) is 0 Å². The molecule has 2 aromatic heterocycles. The van der Waals surface area contributed by atoms with Crippen molar-refractivity contribution < 1.29 is 9.21 Å². The second-order valence-electron chi connectivity index (χ2n) is 3.79. The molecule has 2 heterocycles. The quantitative estimate of drug-likeness (QED) is 0.663. The summed E-state index contributed by atoms with van der Waals surface area (Å²) in [7, 11) is 0. The monoisotopic (exact) mass is 243 g/mol. The number of hydrogen-bond acceptors (Lipinski definition) is 4. The van der Waals surface area contributed by atoms with Crippen LogP contribution in [0.1, 0.15) is 28.8 Å². The van der Waals surface area contributed by atoms with Crippen LogP contribution in [0.15, 0.2) is 46.2 Å². The molecule has 0 aromatic carbocycles. The van der Waals surface area contributed by atoms with Crippen molar-refractivity contribution in [2.24, 2.45) is 5.10 Å². The van der Waals surface area contributed by atoms with Gasteiger partial charge in [0, 0.05) is 18.0 Å². The number of hydrogen-bond donors (Lipinski definition) is 1. The molecule has 0 unspecified atom stereocenters. The highest BCUT2D eigenvalue weighted by Gasteiger charge is 2.08. The van der Waals surface area contributed by atoms with Crippen LogP contribution in [0.4, 0.5) is 0 Å². The molecule has 5 heteroatoms. The van der Waals surface area contributed by atoms with E-state index >= 15 is 0 Å². The summed E-state index contributed by atoms with van der Waals surface area (Å²) in [5, 5.41) is 4.00. The predicted octanol–water partition coefficient (Wildman–Crippen LogP) is 2.14. The second-order valence-corrected chi connectivity index (χ2v) is 3.79. The van der Waals surface area contributed by atoms with Crippen LogP contribution in [0.2, 0.25) is 0 Å². The van der Waals surface area contributed by atoms with E-state index in [4.69, 9.17) is 4.42 Å². The molecule has 0 bridgehead atoms. The van der Waals surface area contributed by atoms with E-state index in [9.17, 15) is 4.79 Å². The van der Waals surface area contributed by atoms with Crippen molar-refractivity contribution in [2.45, 2.75) is 13.8 Å². The Morgan fingerprint density at radius 3 is 2.83 bits per heavy atom. The fourth-order valence-corrected chi connectivity index (χ4v) is 1.39. The molecule has 0 aliphatic carbocycles. The first-order chi connectivity index (χ1) is 8.66. The Bertz CT molecular complexity index is 573. The van der Waals surface area contributed by atoms with Gasteiger partial charge in [0.15, 0.2) is 5.76 Å². The number of pyridine rings is 1. The normalized spacial score (nSPS) is 11.3. The average Bonchev–Trinajstić information content (AvgIpc) is 2.83. The number of nitrogens with one attached hydrogen (secondary N) is 1. The number of aromatic nitrogens is 1. The van der Waals surface area contributed by atoms with Crippen LogP contribution in [0.5, 0.6) is 0 Å². The molecule has 92 valence electrons. The number of hydrazone groups is 1. The third-order valence-electron chi connectivity index (χ3n) is 2.37. The molecule has 1 amide bonds. The maximum absolute atomic E-state index is 11.7. The summed E-state index contributed by atoms with van der Waals surface area (Å²) in [4.78, 5) is 15.6. The van der Waals surface area contributed by atoms with Gasteiger partial charge in [0.25, 0.3) is 0 Å². The van der Waals surface area contributed by atoms with Gasteiger partial charge in [0.1, 0.15) is 5.76 Å². The molecule has 0 saturated carbocycles. The van der Waals surface area contributed by atoms with E-state index < -0.39 is 0 Å². The molecule has 18 heavy (non-hydrogen) atoms. The van der Waals surface area contributed by atoms with Crippen molar-refractivity contribution in [3.05, 3.63) is 53.7 Å². The van der Waals surface area contributed by atoms with Crippen LogP contribution < -0.4 is 5.43 Å². The van der Waals surface area contributed by atoms with Crippen LogP contribution in [0.25, 0.3) is 0 Å². The highest BCUT2D eigenvalue weighted by atomic mass is 16.3. The van der Waals surface area contributed by atoms with Crippen molar-refractivity contribution in [2.75, 3.05) is 0 Å². The fraction of sp³-hybridized carbons (Fsp3) is 0.154. The summed E-state index contributed by atoms with van der Waals surface area (Å²) in [6, 6.07) is 7.02. The Hall–Kier alpha value is -2.43. The number of furan rings is 1. The number of nitrogens with zero attached hydrogens (tertiary/aromatic N) is 2. The van der Waals surface area contributed by atoms with Crippen molar-refractivity contribution in [1.29, 1.82) is 0 Å². The van der Waals surface area contributed by atoms with Crippen LogP contribution in [0.3, 0.4) is 0 Å². The molecule has 0 aliphatic heterocycles. The number of carbonyl (C=O) groups is 1. The standard InChI is InChI=1S/C13H13N3O2/c1-9-5-6-12(18-9)13(17)16-15-10(2)11-4-3-7-14-8-11/h3-8H,1-2H3,(H,16,17)/b15-10-. The first kappa shape index (κ1) is 12.0. The minimum absolute atomic E-state index is 0.246. The fourth-order valence-electron chi connectivity index (χ4n) is 1.39. The third-order valence-corrected chi connectivity index (χ3v) is 2.37. The van der Waals surface area contributed by atoms with Gasteiger partial charge in [-0.3, -0.25) is 9.78 Å². The van der Waals surface area contributed by atoms with Crippen LogP contribution in [-0.4, -0.2) is 16.6 Å². The summed E-state index contributed by atoms with van der Waals surface area (Å²) in [5.41, 5.74) is 3.97. The van der Waals surface area contributed by atoms with Crippen molar-refractivity contribution in [1.82, 2.24) is 10.4 Å². The van der Waals surface area contributed by atoms with Gasteiger partial charge in [-0.15, -0.1) is 0 Å².